The van der Waals surface area contributed by atoms with E-state index in [1.165, 1.54) is 29.5 Å². The first-order valence-corrected chi connectivity index (χ1v) is 10.1. The summed E-state index contributed by atoms with van der Waals surface area (Å²) >= 11 is 1.42. The van der Waals surface area contributed by atoms with Gasteiger partial charge in [-0.3, -0.25) is 4.79 Å². The number of ether oxygens (including phenoxy) is 1. The van der Waals surface area contributed by atoms with Gasteiger partial charge in [0, 0.05) is 24.7 Å². The second-order valence-electron chi connectivity index (χ2n) is 6.91. The van der Waals surface area contributed by atoms with Gasteiger partial charge in [0.2, 0.25) is 5.91 Å². The Balaban J connectivity index is 1.33. The SMILES string of the molecule is O=C(Nc1ccc(OC(F)(F)F)cc1)C1CCN(c2nc3c(F)cccc3s2)CC1. The van der Waals surface area contributed by atoms with E-state index in [1.54, 1.807) is 6.07 Å². The number of rotatable bonds is 4. The number of anilines is 2. The molecule has 2 heterocycles. The molecule has 0 bridgehead atoms. The molecule has 10 heteroatoms. The van der Waals surface area contributed by atoms with Crippen LogP contribution >= 0.6 is 11.3 Å². The van der Waals surface area contributed by atoms with Crippen LogP contribution in [0, 0.1) is 11.7 Å². The van der Waals surface area contributed by atoms with E-state index in [4.69, 9.17) is 0 Å². The molecule has 0 unspecified atom stereocenters. The maximum Gasteiger partial charge on any atom is 0.573 e. The smallest absolute Gasteiger partial charge is 0.406 e. The van der Waals surface area contributed by atoms with Gasteiger partial charge in [-0.1, -0.05) is 17.4 Å². The van der Waals surface area contributed by atoms with Gasteiger partial charge in [-0.05, 0) is 49.2 Å². The van der Waals surface area contributed by atoms with Crippen molar-refractivity contribution in [3.05, 3.63) is 48.3 Å². The Morgan fingerprint density at radius 3 is 2.47 bits per heavy atom. The van der Waals surface area contributed by atoms with Crippen LogP contribution in [-0.4, -0.2) is 30.3 Å². The van der Waals surface area contributed by atoms with Crippen LogP contribution in [0.3, 0.4) is 0 Å². The fraction of sp³-hybridized carbons (Fsp3) is 0.300. The minimum Gasteiger partial charge on any atom is -0.406 e. The van der Waals surface area contributed by atoms with E-state index in [9.17, 15) is 22.4 Å². The fourth-order valence-electron chi connectivity index (χ4n) is 3.36. The summed E-state index contributed by atoms with van der Waals surface area (Å²) in [5, 5.41) is 3.46. The van der Waals surface area contributed by atoms with Crippen molar-refractivity contribution < 1.29 is 27.1 Å². The summed E-state index contributed by atoms with van der Waals surface area (Å²) in [7, 11) is 0. The summed E-state index contributed by atoms with van der Waals surface area (Å²) in [4.78, 5) is 18.9. The van der Waals surface area contributed by atoms with Crippen LogP contribution in [-0.2, 0) is 4.79 Å². The van der Waals surface area contributed by atoms with Crippen LogP contribution in [0.5, 0.6) is 5.75 Å². The van der Waals surface area contributed by atoms with Gasteiger partial charge in [0.05, 0.1) is 4.70 Å². The van der Waals surface area contributed by atoms with Crippen LogP contribution in [0.2, 0.25) is 0 Å². The lowest BCUT2D eigenvalue weighted by atomic mass is 9.96. The molecule has 1 aliphatic rings. The average molecular weight is 439 g/mol. The van der Waals surface area contributed by atoms with Gasteiger partial charge >= 0.3 is 6.36 Å². The number of hydrogen-bond donors (Lipinski definition) is 1. The van der Waals surface area contributed by atoms with E-state index in [-0.39, 0.29) is 23.4 Å². The molecule has 0 aliphatic carbocycles. The van der Waals surface area contributed by atoms with Gasteiger partial charge in [-0.15, -0.1) is 13.2 Å². The number of piperidine rings is 1. The predicted molar refractivity (Wildman–Crippen MR) is 106 cm³/mol. The summed E-state index contributed by atoms with van der Waals surface area (Å²) in [5.74, 6) is -1.11. The molecule has 0 saturated carbocycles. The Morgan fingerprint density at radius 1 is 1.13 bits per heavy atom. The van der Waals surface area contributed by atoms with Crippen molar-refractivity contribution in [3.8, 4) is 5.75 Å². The Bertz CT molecular complexity index is 1040. The van der Waals surface area contributed by atoms with E-state index in [2.05, 4.69) is 15.0 Å². The number of aromatic nitrogens is 1. The van der Waals surface area contributed by atoms with E-state index >= 15 is 0 Å². The third-order valence-electron chi connectivity index (χ3n) is 4.85. The standard InChI is InChI=1S/C20H17F4N3O2S/c21-15-2-1-3-16-17(15)26-19(30-16)27-10-8-12(9-11-27)18(28)25-13-4-6-14(7-5-13)29-20(22,23)24/h1-7,12H,8-11H2,(H,25,28). The molecule has 158 valence electrons. The number of carbonyl (C=O) groups excluding carboxylic acids is 1. The molecule has 1 saturated heterocycles. The van der Waals surface area contributed by atoms with Crippen molar-refractivity contribution in [2.45, 2.75) is 19.2 Å². The number of para-hydroxylation sites is 1. The number of alkyl halides is 3. The fourth-order valence-corrected chi connectivity index (χ4v) is 4.39. The lowest BCUT2D eigenvalue weighted by Crippen LogP contribution is -2.38. The molecule has 1 aliphatic heterocycles. The van der Waals surface area contributed by atoms with E-state index in [0.717, 1.165) is 22.0 Å². The summed E-state index contributed by atoms with van der Waals surface area (Å²) in [6.07, 6.45) is -3.56. The minimum atomic E-state index is -4.76. The Morgan fingerprint density at radius 2 is 1.83 bits per heavy atom. The highest BCUT2D eigenvalue weighted by Crippen LogP contribution is 2.33. The summed E-state index contributed by atoms with van der Waals surface area (Å²) in [6, 6.07) is 9.89. The van der Waals surface area contributed by atoms with Gasteiger partial charge in [0.15, 0.2) is 5.13 Å². The van der Waals surface area contributed by atoms with Crippen molar-refractivity contribution >= 4 is 38.3 Å². The molecule has 0 spiro atoms. The Kier molecular flexibility index (Phi) is 5.50. The number of nitrogens with zero attached hydrogens (tertiary/aromatic N) is 2. The zero-order valence-corrected chi connectivity index (χ0v) is 16.4. The third kappa shape index (κ3) is 4.64. The van der Waals surface area contributed by atoms with Gasteiger partial charge in [0.25, 0.3) is 0 Å². The van der Waals surface area contributed by atoms with Crippen molar-refractivity contribution in [1.29, 1.82) is 0 Å². The molecule has 1 fully saturated rings. The van der Waals surface area contributed by atoms with Crippen molar-refractivity contribution in [3.63, 3.8) is 0 Å². The van der Waals surface area contributed by atoms with Crippen LogP contribution in [0.25, 0.3) is 10.2 Å². The summed E-state index contributed by atoms with van der Waals surface area (Å²) in [6.45, 7) is 1.22. The minimum absolute atomic E-state index is 0.186. The molecular weight excluding hydrogens is 422 g/mol. The molecule has 1 aromatic heterocycles. The third-order valence-corrected chi connectivity index (χ3v) is 5.93. The van der Waals surface area contributed by atoms with Crippen molar-refractivity contribution in [2.24, 2.45) is 5.92 Å². The number of fused-ring (bicyclic) bond motifs is 1. The van der Waals surface area contributed by atoms with Gasteiger partial charge in [0.1, 0.15) is 17.1 Å². The van der Waals surface area contributed by atoms with E-state index in [1.807, 2.05) is 11.0 Å². The van der Waals surface area contributed by atoms with E-state index in [0.29, 0.717) is 37.1 Å². The number of hydrogen-bond acceptors (Lipinski definition) is 5. The first-order chi connectivity index (χ1) is 14.3. The highest BCUT2D eigenvalue weighted by Gasteiger charge is 2.31. The second kappa shape index (κ2) is 8.10. The number of carbonyl (C=O) groups is 1. The molecule has 2 aromatic carbocycles. The highest BCUT2D eigenvalue weighted by atomic mass is 32.1. The number of thiazole rings is 1. The molecule has 1 N–H and O–H groups in total. The first-order valence-electron chi connectivity index (χ1n) is 9.25. The Labute approximate surface area is 173 Å². The van der Waals surface area contributed by atoms with Crippen LogP contribution in [0.4, 0.5) is 28.4 Å². The topological polar surface area (TPSA) is 54.5 Å². The molecule has 30 heavy (non-hydrogen) atoms. The first kappa shape index (κ1) is 20.4. The molecule has 0 atom stereocenters. The van der Waals surface area contributed by atoms with Gasteiger partial charge < -0.3 is 15.0 Å². The normalized spacial score (nSPS) is 15.4. The number of amides is 1. The second-order valence-corrected chi connectivity index (χ2v) is 7.91. The summed E-state index contributed by atoms with van der Waals surface area (Å²) in [5.41, 5.74) is 0.758. The number of nitrogens with one attached hydrogen (secondary N) is 1. The van der Waals surface area contributed by atoms with Gasteiger partial charge in [-0.2, -0.15) is 0 Å². The maximum atomic E-state index is 13.9. The van der Waals surface area contributed by atoms with Crippen LogP contribution in [0.15, 0.2) is 42.5 Å². The van der Waals surface area contributed by atoms with Crippen molar-refractivity contribution in [2.75, 3.05) is 23.3 Å². The lowest BCUT2D eigenvalue weighted by Gasteiger charge is -2.31. The van der Waals surface area contributed by atoms with E-state index < -0.39 is 6.36 Å². The predicted octanol–water partition coefficient (Wildman–Crippen LogP) is 5.19. The molecule has 4 rings (SSSR count). The average Bonchev–Trinajstić information content (AvgIpc) is 3.14. The number of halogens is 4. The monoisotopic (exact) mass is 439 g/mol. The lowest BCUT2D eigenvalue weighted by molar-refractivity contribution is -0.274. The molecule has 3 aromatic rings. The zero-order valence-electron chi connectivity index (χ0n) is 15.6. The largest absolute Gasteiger partial charge is 0.573 e. The summed E-state index contributed by atoms with van der Waals surface area (Å²) < 4.78 is 55.1. The molecular formula is C20H17F4N3O2S. The Hall–Kier alpha value is -2.88. The zero-order chi connectivity index (χ0) is 21.3. The maximum absolute atomic E-state index is 13.9. The molecule has 0 radical (unpaired) electrons. The van der Waals surface area contributed by atoms with Crippen molar-refractivity contribution in [1.82, 2.24) is 4.98 Å². The molecule has 1 amide bonds. The highest BCUT2D eigenvalue weighted by molar-refractivity contribution is 7.22. The van der Waals surface area contributed by atoms with Crippen LogP contribution < -0.4 is 15.0 Å². The quantitative estimate of drug-likeness (QED) is 0.569. The number of benzene rings is 2. The van der Waals surface area contributed by atoms with Crippen LogP contribution in [0.1, 0.15) is 12.8 Å². The van der Waals surface area contributed by atoms with Gasteiger partial charge in [-0.25, -0.2) is 9.37 Å². The molecule has 5 nitrogen and oxygen atoms in total.